The van der Waals surface area contributed by atoms with Crippen molar-refractivity contribution in [2.24, 2.45) is 0 Å². The predicted molar refractivity (Wildman–Crippen MR) is 81.4 cm³/mol. The van der Waals surface area contributed by atoms with Gasteiger partial charge in [-0.1, -0.05) is 11.3 Å². The van der Waals surface area contributed by atoms with E-state index >= 15 is 0 Å². The summed E-state index contributed by atoms with van der Waals surface area (Å²) >= 11 is 1.30. The third-order valence-electron chi connectivity index (χ3n) is 3.17. The third kappa shape index (κ3) is 4.28. The number of aromatic nitrogens is 2. The van der Waals surface area contributed by atoms with Gasteiger partial charge in [0.05, 0.1) is 13.2 Å². The Bertz CT molecular complexity index is 535. The molecule has 1 aliphatic heterocycles. The number of urea groups is 1. The fraction of sp³-hybridized carbons (Fsp3) is 0.667. The molecule has 1 atom stereocenters. The molecule has 0 unspecified atom stereocenters. The quantitative estimate of drug-likeness (QED) is 0.745. The van der Waals surface area contributed by atoms with E-state index in [9.17, 15) is 9.59 Å². The molecule has 122 valence electrons. The van der Waals surface area contributed by atoms with E-state index in [0.29, 0.717) is 31.2 Å². The van der Waals surface area contributed by atoms with Crippen molar-refractivity contribution in [1.82, 2.24) is 25.3 Å². The minimum atomic E-state index is -0.600. The van der Waals surface area contributed by atoms with Crippen molar-refractivity contribution in [3.05, 3.63) is 5.01 Å². The van der Waals surface area contributed by atoms with Crippen LogP contribution in [0.5, 0.6) is 0 Å². The molecule has 1 aliphatic rings. The van der Waals surface area contributed by atoms with Gasteiger partial charge in [0.15, 0.2) is 6.10 Å². The molecule has 9 nitrogen and oxygen atoms in total. The molecule has 0 radical (unpaired) electrons. The lowest BCUT2D eigenvalue weighted by Gasteiger charge is -2.33. The summed E-state index contributed by atoms with van der Waals surface area (Å²) in [6.45, 7) is 1.52. The number of nitrogens with zero attached hydrogens (tertiary/aromatic N) is 4. The van der Waals surface area contributed by atoms with Crippen LogP contribution >= 0.6 is 11.3 Å². The lowest BCUT2D eigenvalue weighted by atomic mass is 10.2. The average Bonchev–Trinajstić information content (AvgIpc) is 2.92. The van der Waals surface area contributed by atoms with Gasteiger partial charge in [0.2, 0.25) is 5.13 Å². The van der Waals surface area contributed by atoms with Gasteiger partial charge in [0, 0.05) is 33.6 Å². The molecule has 0 aromatic carbocycles. The Balaban J connectivity index is 1.78. The first-order chi connectivity index (χ1) is 10.5. The monoisotopic (exact) mass is 328 g/mol. The van der Waals surface area contributed by atoms with Crippen LogP contribution in [0.4, 0.5) is 9.93 Å². The van der Waals surface area contributed by atoms with E-state index in [0.717, 1.165) is 5.01 Å². The summed E-state index contributed by atoms with van der Waals surface area (Å²) < 4.78 is 5.41. The van der Waals surface area contributed by atoms with Gasteiger partial charge in [-0.15, -0.1) is 10.2 Å². The van der Waals surface area contributed by atoms with E-state index in [1.807, 2.05) is 0 Å². The summed E-state index contributed by atoms with van der Waals surface area (Å²) in [7, 11) is 3.33. The van der Waals surface area contributed by atoms with Crippen LogP contribution in [0.25, 0.3) is 0 Å². The van der Waals surface area contributed by atoms with Crippen LogP contribution in [0.1, 0.15) is 5.01 Å². The van der Waals surface area contributed by atoms with E-state index in [2.05, 4.69) is 15.5 Å². The molecular formula is C12H20N6O3S. The largest absolute Gasteiger partial charge is 0.374 e. The molecule has 1 aromatic heterocycles. The Morgan fingerprint density at radius 3 is 2.91 bits per heavy atom. The zero-order chi connectivity index (χ0) is 16.1. The number of hydrogen-bond acceptors (Lipinski definition) is 7. The zero-order valence-electron chi connectivity index (χ0n) is 12.6. The molecule has 0 aliphatic carbocycles. The number of ether oxygens (including phenoxy) is 1. The molecular weight excluding hydrogens is 308 g/mol. The number of nitrogens with two attached hydrogens (primary N) is 1. The van der Waals surface area contributed by atoms with Crippen LogP contribution in [-0.4, -0.2) is 78.4 Å². The highest BCUT2D eigenvalue weighted by atomic mass is 32.1. The number of morpholine rings is 1. The molecule has 1 fully saturated rings. The number of hydrogen-bond donors (Lipinski definition) is 2. The molecule has 1 aromatic rings. The number of nitrogen functional groups attached to an aromatic ring is 1. The summed E-state index contributed by atoms with van der Waals surface area (Å²) in [6, 6.07) is -0.211. The Kier molecular flexibility index (Phi) is 5.50. The third-order valence-corrected chi connectivity index (χ3v) is 3.98. The van der Waals surface area contributed by atoms with E-state index in [1.54, 1.807) is 19.0 Å². The van der Waals surface area contributed by atoms with Crippen molar-refractivity contribution in [3.63, 3.8) is 0 Å². The standard InChI is InChI=1S/C12H20N6O3S/c1-17(2)10(19)8-7-18(5-6-21-8)12(20)14-4-3-9-15-16-11(13)22-9/h8H,3-7H2,1-2H3,(H2,13,16)(H,14,20)/t8-/m1/s1. The van der Waals surface area contributed by atoms with Gasteiger partial charge in [-0.2, -0.15) is 0 Å². The molecule has 2 heterocycles. The first-order valence-corrected chi connectivity index (χ1v) is 7.72. The number of likely N-dealkylation sites (N-methyl/N-ethyl adjacent to an activating group) is 1. The molecule has 0 bridgehead atoms. The molecule has 0 saturated carbocycles. The molecule has 0 spiro atoms. The van der Waals surface area contributed by atoms with Gasteiger partial charge in [-0.25, -0.2) is 4.79 Å². The highest BCUT2D eigenvalue weighted by Crippen LogP contribution is 2.11. The maximum absolute atomic E-state index is 12.1. The number of nitrogens with one attached hydrogen (secondary N) is 1. The van der Waals surface area contributed by atoms with Crippen LogP contribution in [0, 0.1) is 0 Å². The molecule has 22 heavy (non-hydrogen) atoms. The maximum Gasteiger partial charge on any atom is 0.317 e. The second kappa shape index (κ2) is 7.36. The van der Waals surface area contributed by atoms with Gasteiger partial charge >= 0.3 is 6.03 Å². The van der Waals surface area contributed by atoms with E-state index in [1.165, 1.54) is 16.2 Å². The summed E-state index contributed by atoms with van der Waals surface area (Å²) in [5, 5.41) is 11.6. The Labute approximate surface area is 132 Å². The number of carbonyl (C=O) groups is 2. The Hall–Kier alpha value is -1.94. The summed E-state index contributed by atoms with van der Waals surface area (Å²) in [5.74, 6) is -0.137. The van der Waals surface area contributed by atoms with Gasteiger partial charge < -0.3 is 25.6 Å². The van der Waals surface area contributed by atoms with Crippen molar-refractivity contribution in [2.75, 3.05) is 46.1 Å². The molecule has 3 N–H and O–H groups in total. The smallest absolute Gasteiger partial charge is 0.317 e. The Morgan fingerprint density at radius 2 is 2.27 bits per heavy atom. The molecule has 1 saturated heterocycles. The number of anilines is 1. The van der Waals surface area contributed by atoms with Crippen molar-refractivity contribution >= 4 is 28.4 Å². The van der Waals surface area contributed by atoms with Crippen molar-refractivity contribution < 1.29 is 14.3 Å². The average molecular weight is 328 g/mol. The zero-order valence-corrected chi connectivity index (χ0v) is 13.4. The van der Waals surface area contributed by atoms with E-state index in [4.69, 9.17) is 10.5 Å². The van der Waals surface area contributed by atoms with Crippen LogP contribution in [0.15, 0.2) is 0 Å². The first-order valence-electron chi connectivity index (χ1n) is 6.90. The second-order valence-electron chi connectivity index (χ2n) is 5.05. The molecule has 3 amide bonds. The highest BCUT2D eigenvalue weighted by Gasteiger charge is 2.30. The SMILES string of the molecule is CN(C)C(=O)[C@H]1CN(C(=O)NCCc2nnc(N)s2)CCO1. The topological polar surface area (TPSA) is 114 Å². The van der Waals surface area contributed by atoms with Crippen molar-refractivity contribution in [3.8, 4) is 0 Å². The number of rotatable bonds is 4. The van der Waals surface area contributed by atoms with E-state index < -0.39 is 6.10 Å². The van der Waals surface area contributed by atoms with Crippen LogP contribution in [0.3, 0.4) is 0 Å². The lowest BCUT2D eigenvalue weighted by Crippen LogP contribution is -2.53. The van der Waals surface area contributed by atoms with Crippen molar-refractivity contribution in [2.45, 2.75) is 12.5 Å². The summed E-state index contributed by atoms with van der Waals surface area (Å²) in [4.78, 5) is 27.0. The second-order valence-corrected chi connectivity index (χ2v) is 6.15. The fourth-order valence-corrected chi connectivity index (χ4v) is 2.64. The lowest BCUT2D eigenvalue weighted by molar-refractivity contribution is -0.145. The van der Waals surface area contributed by atoms with Crippen molar-refractivity contribution in [1.29, 1.82) is 0 Å². The minimum Gasteiger partial charge on any atom is -0.374 e. The van der Waals surface area contributed by atoms with Gasteiger partial charge in [-0.05, 0) is 0 Å². The van der Waals surface area contributed by atoms with Crippen LogP contribution in [0.2, 0.25) is 0 Å². The normalized spacial score (nSPS) is 18.1. The van der Waals surface area contributed by atoms with E-state index in [-0.39, 0.29) is 18.5 Å². The molecule has 10 heteroatoms. The Morgan fingerprint density at radius 1 is 1.50 bits per heavy atom. The summed E-state index contributed by atoms with van der Waals surface area (Å²) in [5.41, 5.74) is 5.49. The highest BCUT2D eigenvalue weighted by molar-refractivity contribution is 7.15. The van der Waals surface area contributed by atoms with Gasteiger partial charge in [-0.3, -0.25) is 4.79 Å². The summed E-state index contributed by atoms with van der Waals surface area (Å²) in [6.07, 6.45) is -0.0252. The van der Waals surface area contributed by atoms with Crippen LogP contribution < -0.4 is 11.1 Å². The first kappa shape index (κ1) is 16.4. The number of carbonyl (C=O) groups excluding carboxylic acids is 2. The minimum absolute atomic E-state index is 0.137. The predicted octanol–water partition coefficient (Wildman–Crippen LogP) is -0.839. The van der Waals surface area contributed by atoms with Crippen LogP contribution in [-0.2, 0) is 16.0 Å². The fourth-order valence-electron chi connectivity index (χ4n) is 2.03. The number of amides is 3. The van der Waals surface area contributed by atoms with Gasteiger partial charge in [0.1, 0.15) is 5.01 Å². The van der Waals surface area contributed by atoms with Gasteiger partial charge in [0.25, 0.3) is 5.91 Å². The molecule has 2 rings (SSSR count). The maximum atomic E-state index is 12.1.